The molecular formula is C14H17N3O2S. The summed E-state index contributed by atoms with van der Waals surface area (Å²) < 4.78 is 7.25. The molecule has 0 fully saturated rings. The van der Waals surface area contributed by atoms with E-state index in [1.165, 1.54) is 0 Å². The molecule has 0 radical (unpaired) electrons. The summed E-state index contributed by atoms with van der Waals surface area (Å²) in [5.74, 6) is 0.353. The second-order valence-corrected chi connectivity index (χ2v) is 5.80. The highest BCUT2D eigenvalue weighted by Gasteiger charge is 2.26. The average molecular weight is 291 g/mol. The van der Waals surface area contributed by atoms with Gasteiger partial charge in [0.15, 0.2) is 0 Å². The Labute approximate surface area is 121 Å². The van der Waals surface area contributed by atoms with Crippen LogP contribution >= 0.6 is 11.3 Å². The standard InChI is InChI=1S/C14H17N3O2S/c1-19-9-11-6-16(14(18)12-3-5-20-10-12)8-13-2-4-15-17(13)7-11/h2-5,10-11H,6-9H2,1H3/t11-/m0/s1. The minimum atomic E-state index is 0.0852. The number of hydrogen-bond donors (Lipinski definition) is 0. The molecule has 0 unspecified atom stereocenters. The summed E-state index contributed by atoms with van der Waals surface area (Å²) in [7, 11) is 1.69. The first kappa shape index (κ1) is 13.3. The lowest BCUT2D eigenvalue weighted by Gasteiger charge is -2.23. The summed E-state index contributed by atoms with van der Waals surface area (Å²) in [6, 6.07) is 3.85. The van der Waals surface area contributed by atoms with Crippen LogP contribution in [0.4, 0.5) is 0 Å². The van der Waals surface area contributed by atoms with Gasteiger partial charge in [0.05, 0.1) is 24.4 Å². The molecule has 1 atom stereocenters. The minimum Gasteiger partial charge on any atom is -0.384 e. The van der Waals surface area contributed by atoms with Crippen molar-refractivity contribution in [1.29, 1.82) is 0 Å². The molecule has 2 aromatic heterocycles. The lowest BCUT2D eigenvalue weighted by molar-refractivity contribution is 0.0667. The summed E-state index contributed by atoms with van der Waals surface area (Å²) >= 11 is 1.55. The maximum Gasteiger partial charge on any atom is 0.255 e. The SMILES string of the molecule is COC[C@H]1CN(C(=O)c2ccsc2)Cc2ccnn2C1. The highest BCUT2D eigenvalue weighted by atomic mass is 32.1. The van der Waals surface area contributed by atoms with Gasteiger partial charge < -0.3 is 9.64 Å². The largest absolute Gasteiger partial charge is 0.384 e. The molecule has 0 N–H and O–H groups in total. The Balaban J connectivity index is 1.85. The van der Waals surface area contributed by atoms with Crippen molar-refractivity contribution >= 4 is 17.2 Å². The van der Waals surface area contributed by atoms with Gasteiger partial charge in [0.1, 0.15) is 0 Å². The van der Waals surface area contributed by atoms with Gasteiger partial charge in [-0.05, 0) is 17.5 Å². The van der Waals surface area contributed by atoms with E-state index < -0.39 is 0 Å². The van der Waals surface area contributed by atoms with Crippen LogP contribution in [0.1, 0.15) is 16.1 Å². The Hall–Kier alpha value is -1.66. The third-order valence-corrected chi connectivity index (χ3v) is 4.21. The maximum absolute atomic E-state index is 12.6. The summed E-state index contributed by atoms with van der Waals surface area (Å²) in [5, 5.41) is 8.16. The summed E-state index contributed by atoms with van der Waals surface area (Å²) in [5.41, 5.74) is 1.84. The quantitative estimate of drug-likeness (QED) is 0.867. The van der Waals surface area contributed by atoms with Crippen LogP contribution in [0.15, 0.2) is 29.1 Å². The third-order valence-electron chi connectivity index (χ3n) is 3.52. The molecule has 1 amide bonds. The van der Waals surface area contributed by atoms with Crippen LogP contribution in [0.25, 0.3) is 0 Å². The minimum absolute atomic E-state index is 0.0852. The average Bonchev–Trinajstić information content (AvgIpc) is 3.07. The molecule has 5 nitrogen and oxygen atoms in total. The highest BCUT2D eigenvalue weighted by Crippen LogP contribution is 2.19. The van der Waals surface area contributed by atoms with Crippen molar-refractivity contribution in [3.05, 3.63) is 40.3 Å². The Morgan fingerprint density at radius 1 is 1.50 bits per heavy atom. The molecule has 20 heavy (non-hydrogen) atoms. The molecule has 0 saturated heterocycles. The van der Waals surface area contributed by atoms with Crippen molar-refractivity contribution in [2.24, 2.45) is 5.92 Å². The van der Waals surface area contributed by atoms with E-state index in [0.29, 0.717) is 19.7 Å². The monoisotopic (exact) mass is 291 g/mol. The van der Waals surface area contributed by atoms with E-state index in [9.17, 15) is 4.79 Å². The predicted octanol–water partition coefficient (Wildman–Crippen LogP) is 1.86. The fourth-order valence-corrected chi connectivity index (χ4v) is 3.23. The molecule has 6 heteroatoms. The van der Waals surface area contributed by atoms with Crippen LogP contribution in [0, 0.1) is 5.92 Å². The first-order chi connectivity index (χ1) is 9.78. The Bertz CT molecular complexity index is 579. The van der Waals surface area contributed by atoms with E-state index in [1.807, 2.05) is 32.5 Å². The number of hydrogen-bond acceptors (Lipinski definition) is 4. The molecule has 0 bridgehead atoms. The maximum atomic E-state index is 12.6. The van der Waals surface area contributed by atoms with E-state index in [0.717, 1.165) is 17.8 Å². The lowest BCUT2D eigenvalue weighted by atomic mass is 10.1. The second kappa shape index (κ2) is 5.76. The number of carbonyl (C=O) groups is 1. The van der Waals surface area contributed by atoms with Gasteiger partial charge in [0.25, 0.3) is 5.91 Å². The topological polar surface area (TPSA) is 47.4 Å². The molecule has 2 aromatic rings. The van der Waals surface area contributed by atoms with Gasteiger partial charge in [-0.2, -0.15) is 16.4 Å². The zero-order valence-corrected chi connectivity index (χ0v) is 12.2. The number of fused-ring (bicyclic) bond motifs is 1. The van der Waals surface area contributed by atoms with Gasteiger partial charge in [-0.15, -0.1) is 0 Å². The molecule has 3 rings (SSSR count). The molecule has 106 valence electrons. The summed E-state index contributed by atoms with van der Waals surface area (Å²) in [6.45, 7) is 2.73. The van der Waals surface area contributed by atoms with Gasteiger partial charge >= 0.3 is 0 Å². The number of thiophene rings is 1. The molecule has 3 heterocycles. The molecule has 0 aliphatic carbocycles. The molecule has 0 spiro atoms. The number of amides is 1. The highest BCUT2D eigenvalue weighted by molar-refractivity contribution is 7.08. The van der Waals surface area contributed by atoms with Gasteiger partial charge in [-0.3, -0.25) is 9.48 Å². The molecule has 1 aliphatic rings. The van der Waals surface area contributed by atoms with Crippen LogP contribution in [0.3, 0.4) is 0 Å². The summed E-state index contributed by atoms with van der Waals surface area (Å²) in [4.78, 5) is 14.5. The Kier molecular flexibility index (Phi) is 3.84. The van der Waals surface area contributed by atoms with E-state index >= 15 is 0 Å². The van der Waals surface area contributed by atoms with E-state index in [-0.39, 0.29) is 11.8 Å². The number of ether oxygens (including phenoxy) is 1. The fourth-order valence-electron chi connectivity index (χ4n) is 2.60. The number of rotatable bonds is 3. The first-order valence-corrected chi connectivity index (χ1v) is 7.53. The zero-order valence-electron chi connectivity index (χ0n) is 11.4. The van der Waals surface area contributed by atoms with Crippen LogP contribution in [-0.2, 0) is 17.8 Å². The van der Waals surface area contributed by atoms with Crippen molar-refractivity contribution in [2.75, 3.05) is 20.3 Å². The van der Waals surface area contributed by atoms with Crippen molar-refractivity contribution in [1.82, 2.24) is 14.7 Å². The van der Waals surface area contributed by atoms with E-state index in [1.54, 1.807) is 24.6 Å². The smallest absolute Gasteiger partial charge is 0.255 e. The Morgan fingerprint density at radius 2 is 2.40 bits per heavy atom. The third kappa shape index (κ3) is 2.62. The predicted molar refractivity (Wildman–Crippen MR) is 76.7 cm³/mol. The van der Waals surface area contributed by atoms with E-state index in [2.05, 4.69) is 5.10 Å². The number of nitrogens with zero attached hydrogens (tertiary/aromatic N) is 3. The van der Waals surface area contributed by atoms with Crippen LogP contribution in [0.5, 0.6) is 0 Å². The molecule has 0 saturated carbocycles. The van der Waals surface area contributed by atoms with Gasteiger partial charge in [0.2, 0.25) is 0 Å². The number of methoxy groups -OCH3 is 1. The lowest BCUT2D eigenvalue weighted by Crippen LogP contribution is -2.35. The van der Waals surface area contributed by atoms with Gasteiger partial charge in [-0.25, -0.2) is 0 Å². The zero-order chi connectivity index (χ0) is 13.9. The van der Waals surface area contributed by atoms with Crippen LogP contribution in [0.2, 0.25) is 0 Å². The van der Waals surface area contributed by atoms with E-state index in [4.69, 9.17) is 4.74 Å². The van der Waals surface area contributed by atoms with Crippen LogP contribution < -0.4 is 0 Å². The van der Waals surface area contributed by atoms with Gasteiger partial charge in [-0.1, -0.05) is 0 Å². The Morgan fingerprint density at radius 3 is 3.15 bits per heavy atom. The molecule has 1 aliphatic heterocycles. The van der Waals surface area contributed by atoms with Crippen LogP contribution in [-0.4, -0.2) is 40.8 Å². The second-order valence-electron chi connectivity index (χ2n) is 5.02. The van der Waals surface area contributed by atoms with Crippen molar-refractivity contribution in [3.63, 3.8) is 0 Å². The summed E-state index contributed by atoms with van der Waals surface area (Å²) in [6.07, 6.45) is 1.79. The first-order valence-electron chi connectivity index (χ1n) is 6.59. The van der Waals surface area contributed by atoms with Crippen molar-refractivity contribution < 1.29 is 9.53 Å². The van der Waals surface area contributed by atoms with Crippen molar-refractivity contribution in [2.45, 2.75) is 13.1 Å². The number of aromatic nitrogens is 2. The number of carbonyl (C=O) groups excluding carboxylic acids is 1. The van der Waals surface area contributed by atoms with Crippen molar-refractivity contribution in [3.8, 4) is 0 Å². The van der Waals surface area contributed by atoms with Gasteiger partial charge in [0, 0.05) is 37.7 Å². The molecular weight excluding hydrogens is 274 g/mol. The fraction of sp³-hybridized carbons (Fsp3) is 0.429. The normalized spacial score (nSPS) is 18.6. The molecule has 0 aromatic carbocycles.